The molecular formula is C16H16N2O3. The number of hydrogen-bond acceptors (Lipinski definition) is 5. The molecule has 21 heavy (non-hydrogen) atoms. The van der Waals surface area contributed by atoms with Crippen LogP contribution in [0, 0.1) is 11.3 Å². The van der Waals surface area contributed by atoms with Crippen LogP contribution in [0.5, 0.6) is 0 Å². The molecule has 0 fully saturated rings. The summed E-state index contributed by atoms with van der Waals surface area (Å²) >= 11 is 0. The van der Waals surface area contributed by atoms with Gasteiger partial charge in [-0.1, -0.05) is 0 Å². The molecule has 0 saturated heterocycles. The van der Waals surface area contributed by atoms with Crippen LogP contribution in [0.15, 0.2) is 27.4 Å². The number of Topliss-reactive ketones (excluding diaryl/α,β-unsaturated/α-hetero) is 1. The Morgan fingerprint density at radius 1 is 1.33 bits per heavy atom. The molecule has 108 valence electrons. The third-order valence-corrected chi connectivity index (χ3v) is 3.48. The number of nitrogens with zero attached hydrogens (tertiary/aromatic N) is 2. The van der Waals surface area contributed by atoms with Gasteiger partial charge in [-0.25, -0.2) is 4.79 Å². The summed E-state index contributed by atoms with van der Waals surface area (Å²) < 4.78 is 5.22. The van der Waals surface area contributed by atoms with Gasteiger partial charge in [0.1, 0.15) is 17.2 Å². The van der Waals surface area contributed by atoms with Gasteiger partial charge in [0.15, 0.2) is 5.78 Å². The molecule has 0 radical (unpaired) electrons. The van der Waals surface area contributed by atoms with Crippen LogP contribution in [0.3, 0.4) is 0 Å². The summed E-state index contributed by atoms with van der Waals surface area (Å²) in [5.74, 6) is -0.463. The van der Waals surface area contributed by atoms with Gasteiger partial charge < -0.3 is 9.32 Å². The molecule has 1 aromatic carbocycles. The van der Waals surface area contributed by atoms with Gasteiger partial charge in [-0.3, -0.25) is 4.79 Å². The van der Waals surface area contributed by atoms with E-state index in [0.717, 1.165) is 18.8 Å². The van der Waals surface area contributed by atoms with Crippen LogP contribution >= 0.6 is 0 Å². The van der Waals surface area contributed by atoms with E-state index in [1.54, 1.807) is 12.1 Å². The van der Waals surface area contributed by atoms with Crippen molar-refractivity contribution < 1.29 is 9.21 Å². The lowest BCUT2D eigenvalue weighted by atomic mass is 10.0. The first-order valence-electron chi connectivity index (χ1n) is 6.80. The van der Waals surface area contributed by atoms with Crippen molar-refractivity contribution in [2.45, 2.75) is 20.8 Å². The molecule has 0 amide bonds. The van der Waals surface area contributed by atoms with Crippen molar-refractivity contribution in [3.63, 3.8) is 0 Å². The average molecular weight is 284 g/mol. The molecule has 1 heterocycles. The number of benzene rings is 1. The lowest BCUT2D eigenvalue weighted by Crippen LogP contribution is -2.21. The van der Waals surface area contributed by atoms with Crippen molar-refractivity contribution in [2.75, 3.05) is 18.0 Å². The molecule has 2 aromatic rings. The molecule has 0 N–H and O–H groups in total. The van der Waals surface area contributed by atoms with Crippen LogP contribution in [-0.4, -0.2) is 18.9 Å². The highest BCUT2D eigenvalue weighted by molar-refractivity contribution is 6.01. The fourth-order valence-electron chi connectivity index (χ4n) is 2.41. The third kappa shape index (κ3) is 2.52. The van der Waals surface area contributed by atoms with Gasteiger partial charge in [0.25, 0.3) is 0 Å². The first-order valence-corrected chi connectivity index (χ1v) is 6.80. The number of ketones is 1. The second-order valence-electron chi connectivity index (χ2n) is 4.66. The minimum atomic E-state index is -0.761. The van der Waals surface area contributed by atoms with Crippen molar-refractivity contribution >= 4 is 22.4 Å². The first-order chi connectivity index (χ1) is 10.0. The Labute approximate surface area is 122 Å². The zero-order valence-corrected chi connectivity index (χ0v) is 12.3. The summed E-state index contributed by atoms with van der Waals surface area (Å²) in [4.78, 5) is 25.6. The van der Waals surface area contributed by atoms with Gasteiger partial charge in [-0.05, 0) is 32.9 Å². The van der Waals surface area contributed by atoms with Crippen molar-refractivity contribution in [1.82, 2.24) is 0 Å². The molecule has 0 atom stereocenters. The molecule has 5 heteroatoms. The number of fused-ring (bicyclic) bond motifs is 1. The highest BCUT2D eigenvalue weighted by Crippen LogP contribution is 2.25. The average Bonchev–Trinajstić information content (AvgIpc) is 2.46. The molecule has 0 unspecified atom stereocenters. The molecule has 0 saturated carbocycles. The SMILES string of the molecule is CCN(CC)c1ccc2c(C#N)c(C(C)=O)c(=O)oc2c1. The van der Waals surface area contributed by atoms with E-state index in [-0.39, 0.29) is 11.1 Å². The fourth-order valence-corrected chi connectivity index (χ4v) is 2.41. The largest absolute Gasteiger partial charge is 0.422 e. The summed E-state index contributed by atoms with van der Waals surface area (Å²) in [5.41, 5.74) is 0.379. The van der Waals surface area contributed by atoms with Crippen LogP contribution in [0.1, 0.15) is 36.7 Å². The number of carbonyl (C=O) groups is 1. The normalized spacial score (nSPS) is 10.4. The lowest BCUT2D eigenvalue weighted by Gasteiger charge is -2.21. The number of nitriles is 1. The van der Waals surface area contributed by atoms with E-state index in [0.29, 0.717) is 11.0 Å². The second kappa shape index (κ2) is 5.80. The maximum Gasteiger partial charge on any atom is 0.348 e. The van der Waals surface area contributed by atoms with Crippen molar-refractivity contribution in [2.24, 2.45) is 0 Å². The van der Waals surface area contributed by atoms with Crippen LogP contribution < -0.4 is 10.5 Å². The molecule has 0 aliphatic heterocycles. The number of carbonyl (C=O) groups excluding carboxylic acids is 1. The second-order valence-corrected chi connectivity index (χ2v) is 4.66. The van der Waals surface area contributed by atoms with Crippen LogP contribution in [0.4, 0.5) is 5.69 Å². The first kappa shape index (κ1) is 14.8. The zero-order chi connectivity index (χ0) is 15.6. The van der Waals surface area contributed by atoms with E-state index in [4.69, 9.17) is 4.42 Å². The van der Waals surface area contributed by atoms with E-state index in [1.807, 2.05) is 26.0 Å². The molecule has 0 aliphatic rings. The fraction of sp³-hybridized carbons (Fsp3) is 0.312. The van der Waals surface area contributed by atoms with Gasteiger partial charge in [0, 0.05) is 30.2 Å². The van der Waals surface area contributed by atoms with Crippen LogP contribution in [-0.2, 0) is 0 Å². The Morgan fingerprint density at radius 2 is 2.00 bits per heavy atom. The third-order valence-electron chi connectivity index (χ3n) is 3.48. The predicted molar refractivity (Wildman–Crippen MR) is 80.8 cm³/mol. The maximum atomic E-state index is 11.9. The monoisotopic (exact) mass is 284 g/mol. The molecule has 5 nitrogen and oxygen atoms in total. The number of rotatable bonds is 4. The topological polar surface area (TPSA) is 74.3 Å². The molecule has 0 bridgehead atoms. The molecule has 2 rings (SSSR count). The van der Waals surface area contributed by atoms with E-state index >= 15 is 0 Å². The summed E-state index contributed by atoms with van der Waals surface area (Å²) in [6, 6.07) is 7.25. The van der Waals surface area contributed by atoms with Crippen LogP contribution in [0.25, 0.3) is 11.0 Å². The van der Waals surface area contributed by atoms with Crippen molar-refractivity contribution in [1.29, 1.82) is 5.26 Å². The van der Waals surface area contributed by atoms with Crippen LogP contribution in [0.2, 0.25) is 0 Å². The van der Waals surface area contributed by atoms with E-state index in [1.165, 1.54) is 6.92 Å². The van der Waals surface area contributed by atoms with Crippen molar-refractivity contribution in [3.8, 4) is 6.07 Å². The van der Waals surface area contributed by atoms with Gasteiger partial charge >= 0.3 is 5.63 Å². The number of hydrogen-bond donors (Lipinski definition) is 0. The standard InChI is InChI=1S/C16H16N2O3/c1-4-18(5-2)11-6-7-12-13(9-17)15(10(3)19)16(20)21-14(12)8-11/h6-8H,4-5H2,1-3H3. The predicted octanol–water partition coefficient (Wildman–Crippen LogP) is 2.71. The molecule has 1 aromatic heterocycles. The smallest absolute Gasteiger partial charge is 0.348 e. The highest BCUT2D eigenvalue weighted by atomic mass is 16.4. The van der Waals surface area contributed by atoms with Crippen molar-refractivity contribution in [3.05, 3.63) is 39.7 Å². The zero-order valence-electron chi connectivity index (χ0n) is 12.3. The summed E-state index contributed by atoms with van der Waals surface area (Å²) in [7, 11) is 0. The van der Waals surface area contributed by atoms with Gasteiger partial charge in [0.05, 0.1) is 5.56 Å². The van der Waals surface area contributed by atoms with E-state index in [2.05, 4.69) is 4.90 Å². The van der Waals surface area contributed by atoms with Gasteiger partial charge in [-0.15, -0.1) is 0 Å². The molecular weight excluding hydrogens is 268 g/mol. The summed E-state index contributed by atoms with van der Waals surface area (Å²) in [5, 5.41) is 9.75. The Morgan fingerprint density at radius 3 is 2.52 bits per heavy atom. The Kier molecular flexibility index (Phi) is 4.08. The maximum absolute atomic E-state index is 11.9. The van der Waals surface area contributed by atoms with Gasteiger partial charge in [-0.2, -0.15) is 5.26 Å². The summed E-state index contributed by atoms with van der Waals surface area (Å²) in [6.45, 7) is 6.96. The minimum absolute atomic E-state index is 0.0832. The van der Waals surface area contributed by atoms with E-state index in [9.17, 15) is 14.9 Å². The Balaban J connectivity index is 2.78. The molecule has 0 spiro atoms. The number of anilines is 1. The summed E-state index contributed by atoms with van der Waals surface area (Å²) in [6.07, 6.45) is 0. The quantitative estimate of drug-likeness (QED) is 0.637. The minimum Gasteiger partial charge on any atom is -0.422 e. The highest BCUT2D eigenvalue weighted by Gasteiger charge is 2.18. The Bertz CT molecular complexity index is 795. The lowest BCUT2D eigenvalue weighted by molar-refractivity contribution is 0.101. The molecule has 0 aliphatic carbocycles. The van der Waals surface area contributed by atoms with E-state index < -0.39 is 11.4 Å². The van der Waals surface area contributed by atoms with Gasteiger partial charge in [0.2, 0.25) is 0 Å². The Hall–Kier alpha value is -2.61.